The largest absolute Gasteiger partial charge is 0.540 e. The number of nitrogens with two attached hydrogens (primary N) is 1. The van der Waals surface area contributed by atoms with Crippen LogP contribution in [0.3, 0.4) is 0 Å². The Morgan fingerprint density at radius 3 is 2.00 bits per heavy atom. The highest BCUT2D eigenvalue weighted by molar-refractivity contribution is 7.67. The molecule has 0 saturated heterocycles. The molecule has 0 radical (unpaired) electrons. The number of hydrogen-bond donors (Lipinski definition) is 1. The topological polar surface area (TPSA) is 87.9 Å². The van der Waals surface area contributed by atoms with Gasteiger partial charge in [-0.2, -0.15) is 0 Å². The SMILES string of the molecule is CCO[P+](=O)C(N)P(=O)(OCC)OCC. The maximum atomic E-state index is 12.0. The minimum Gasteiger partial charge on any atom is -0.305 e. The van der Waals surface area contributed by atoms with E-state index < -0.39 is 21.1 Å². The first-order chi connectivity index (χ1) is 7.01. The summed E-state index contributed by atoms with van der Waals surface area (Å²) in [6.07, 6.45) is 0. The first-order valence-corrected chi connectivity index (χ1v) is 7.61. The van der Waals surface area contributed by atoms with Crippen LogP contribution in [0.1, 0.15) is 20.8 Å². The summed E-state index contributed by atoms with van der Waals surface area (Å²) in [5.74, 6) is 0. The van der Waals surface area contributed by atoms with Crippen molar-refractivity contribution in [2.75, 3.05) is 19.8 Å². The molecule has 0 bridgehead atoms. The maximum absolute atomic E-state index is 12.0. The fourth-order valence-corrected chi connectivity index (χ4v) is 3.90. The van der Waals surface area contributed by atoms with Gasteiger partial charge in [0.15, 0.2) is 0 Å². The van der Waals surface area contributed by atoms with Crippen LogP contribution in [0.25, 0.3) is 0 Å². The van der Waals surface area contributed by atoms with E-state index in [2.05, 4.69) is 0 Å². The maximum Gasteiger partial charge on any atom is 0.540 e. The van der Waals surface area contributed by atoms with Crippen LogP contribution >= 0.6 is 15.6 Å². The van der Waals surface area contributed by atoms with Gasteiger partial charge in [-0.05, 0) is 25.3 Å². The van der Waals surface area contributed by atoms with E-state index in [0.717, 1.165) is 0 Å². The van der Waals surface area contributed by atoms with E-state index in [1.165, 1.54) is 0 Å². The molecule has 0 aliphatic heterocycles. The third-order valence-electron chi connectivity index (χ3n) is 1.41. The van der Waals surface area contributed by atoms with E-state index in [4.69, 9.17) is 19.3 Å². The van der Waals surface area contributed by atoms with Crippen molar-refractivity contribution in [3.05, 3.63) is 0 Å². The van der Waals surface area contributed by atoms with Gasteiger partial charge in [0, 0.05) is 0 Å². The van der Waals surface area contributed by atoms with Crippen LogP contribution in [0.2, 0.25) is 0 Å². The Balaban J connectivity index is 4.60. The Hall–Kier alpha value is 0.170. The van der Waals surface area contributed by atoms with E-state index in [9.17, 15) is 9.13 Å². The fraction of sp³-hybridized carbons (Fsp3) is 1.00. The summed E-state index contributed by atoms with van der Waals surface area (Å²) in [5.41, 5.74) is 4.30. The summed E-state index contributed by atoms with van der Waals surface area (Å²) in [6.45, 7) is 5.59. The summed E-state index contributed by atoms with van der Waals surface area (Å²) >= 11 is 0. The van der Waals surface area contributed by atoms with E-state index >= 15 is 0 Å². The molecule has 0 amide bonds. The molecule has 15 heavy (non-hydrogen) atoms. The van der Waals surface area contributed by atoms with Crippen molar-refractivity contribution >= 4 is 15.6 Å². The van der Waals surface area contributed by atoms with Gasteiger partial charge in [-0.1, -0.05) is 0 Å². The average molecular weight is 258 g/mol. The first-order valence-electron chi connectivity index (χ1n) is 4.75. The molecule has 6 nitrogen and oxygen atoms in total. The lowest BCUT2D eigenvalue weighted by Gasteiger charge is -2.15. The molecule has 2 atom stereocenters. The highest BCUT2D eigenvalue weighted by Crippen LogP contribution is 2.58. The molecule has 0 spiro atoms. The zero-order valence-corrected chi connectivity index (χ0v) is 11.0. The minimum atomic E-state index is -3.53. The monoisotopic (exact) mass is 258 g/mol. The minimum absolute atomic E-state index is 0.181. The van der Waals surface area contributed by atoms with Crippen LogP contribution in [0, 0.1) is 0 Å². The quantitative estimate of drug-likeness (QED) is 0.672. The summed E-state index contributed by atoms with van der Waals surface area (Å²) in [4.78, 5) is 0. The van der Waals surface area contributed by atoms with E-state index in [0.29, 0.717) is 0 Å². The van der Waals surface area contributed by atoms with Gasteiger partial charge < -0.3 is 9.05 Å². The van der Waals surface area contributed by atoms with Gasteiger partial charge >= 0.3 is 21.1 Å². The van der Waals surface area contributed by atoms with Gasteiger partial charge in [0.05, 0.1) is 19.8 Å². The number of rotatable bonds is 8. The molecule has 0 aliphatic rings. The van der Waals surface area contributed by atoms with Crippen LogP contribution in [-0.4, -0.2) is 25.3 Å². The molecular formula is C7H18NO5P2+. The van der Waals surface area contributed by atoms with Gasteiger partial charge in [-0.15, -0.1) is 4.52 Å². The lowest BCUT2D eigenvalue weighted by molar-refractivity contribution is 0.216. The Morgan fingerprint density at radius 2 is 1.67 bits per heavy atom. The second-order valence-electron chi connectivity index (χ2n) is 2.49. The van der Waals surface area contributed by atoms with Crippen LogP contribution in [-0.2, 0) is 22.7 Å². The molecule has 90 valence electrons. The summed E-state index contributed by atoms with van der Waals surface area (Å²) in [5, 5.41) is 0. The molecule has 0 rings (SSSR count). The van der Waals surface area contributed by atoms with Crippen molar-refractivity contribution in [1.82, 2.24) is 0 Å². The molecular weight excluding hydrogens is 240 g/mol. The van der Waals surface area contributed by atoms with Gasteiger partial charge in [0.1, 0.15) is 0 Å². The van der Waals surface area contributed by atoms with E-state index in [-0.39, 0.29) is 19.8 Å². The van der Waals surface area contributed by atoms with Crippen molar-refractivity contribution in [1.29, 1.82) is 0 Å². The number of hydrogen-bond acceptors (Lipinski definition) is 6. The average Bonchev–Trinajstić information content (AvgIpc) is 2.17. The molecule has 0 heterocycles. The van der Waals surface area contributed by atoms with Crippen molar-refractivity contribution in [2.24, 2.45) is 5.73 Å². The van der Waals surface area contributed by atoms with E-state index in [1.807, 2.05) is 0 Å². The Kier molecular flexibility index (Phi) is 7.53. The summed E-state index contributed by atoms with van der Waals surface area (Å²) < 4.78 is 38.1. The van der Waals surface area contributed by atoms with Crippen LogP contribution in [0.5, 0.6) is 0 Å². The molecule has 0 aromatic rings. The second kappa shape index (κ2) is 7.44. The van der Waals surface area contributed by atoms with Gasteiger partial charge in [0.25, 0.3) is 0 Å². The van der Waals surface area contributed by atoms with Crippen molar-refractivity contribution in [3.63, 3.8) is 0 Å². The third kappa shape index (κ3) is 4.68. The molecule has 2 N–H and O–H groups in total. The van der Waals surface area contributed by atoms with E-state index in [1.54, 1.807) is 20.8 Å². The Morgan fingerprint density at radius 1 is 1.20 bits per heavy atom. The third-order valence-corrected chi connectivity index (χ3v) is 5.66. The molecule has 0 saturated carbocycles. The second-order valence-corrected chi connectivity index (χ2v) is 6.44. The van der Waals surface area contributed by atoms with Crippen LogP contribution in [0.15, 0.2) is 0 Å². The molecule has 0 fully saturated rings. The lowest BCUT2D eigenvalue weighted by atomic mass is 10.9. The standard InChI is InChI=1S/C7H18NO5P2/c1-4-11-14(9)7(8)15(10,12-5-2)13-6-3/h7H,4-6,8H2,1-3H3/q+1. The smallest absolute Gasteiger partial charge is 0.305 e. The van der Waals surface area contributed by atoms with Crippen molar-refractivity contribution in [3.8, 4) is 0 Å². The highest BCUT2D eigenvalue weighted by Gasteiger charge is 2.48. The summed E-state index contributed by atoms with van der Waals surface area (Å²) in [7, 11) is -5.77. The first kappa shape index (κ1) is 15.2. The van der Waals surface area contributed by atoms with Gasteiger partial charge in [-0.3, -0.25) is 10.3 Å². The van der Waals surface area contributed by atoms with Gasteiger partial charge in [-0.25, -0.2) is 0 Å². The van der Waals surface area contributed by atoms with Crippen molar-refractivity contribution in [2.45, 2.75) is 26.3 Å². The zero-order valence-electron chi connectivity index (χ0n) is 9.21. The van der Waals surface area contributed by atoms with Gasteiger partial charge in [0.2, 0.25) is 0 Å². The summed E-state index contributed by atoms with van der Waals surface area (Å²) in [6, 6.07) is 0. The highest BCUT2D eigenvalue weighted by atomic mass is 31.2. The van der Waals surface area contributed by atoms with Crippen LogP contribution < -0.4 is 5.73 Å². The predicted molar refractivity (Wildman–Crippen MR) is 58.1 cm³/mol. The predicted octanol–water partition coefficient (Wildman–Crippen LogP) is 2.27. The lowest BCUT2D eigenvalue weighted by Crippen LogP contribution is -2.20. The molecule has 8 heteroatoms. The Labute approximate surface area is 90.9 Å². The molecule has 0 aromatic carbocycles. The zero-order chi connectivity index (χ0) is 11.9. The normalized spacial score (nSPS) is 15.1. The molecule has 2 unspecified atom stereocenters. The molecule has 0 aliphatic carbocycles. The Bertz CT molecular complexity index is 238. The van der Waals surface area contributed by atoms with Crippen LogP contribution in [0.4, 0.5) is 0 Å². The fourth-order valence-electron chi connectivity index (χ4n) is 0.869. The molecule has 0 aromatic heterocycles. The van der Waals surface area contributed by atoms with Crippen molar-refractivity contribution < 1.29 is 22.7 Å².